The number of rotatable bonds is 2. The van der Waals surface area contributed by atoms with Gasteiger partial charge in [0.05, 0.1) is 28.5 Å². The maximum atomic E-state index is 11.6. The normalized spacial score (nSPS) is 25.8. The molecule has 0 spiro atoms. The van der Waals surface area contributed by atoms with Gasteiger partial charge in [-0.15, -0.1) is 11.3 Å². The molecule has 0 aromatic carbocycles. The lowest BCUT2D eigenvalue weighted by Crippen LogP contribution is -2.22. The number of aromatic nitrogens is 2. The predicted molar refractivity (Wildman–Crippen MR) is 74.0 cm³/mol. The molecule has 1 aliphatic heterocycles. The SMILES string of the molecule is Cc1ccsc1-c1nccn1[C@H]1CS(=O)(=O)C[C@@H]1O. The molecule has 0 bridgehead atoms. The van der Waals surface area contributed by atoms with Crippen molar-refractivity contribution in [1.29, 1.82) is 0 Å². The van der Waals surface area contributed by atoms with Crippen LogP contribution in [0.5, 0.6) is 0 Å². The third-order valence-corrected chi connectivity index (χ3v) is 6.10. The van der Waals surface area contributed by atoms with Gasteiger partial charge in [-0.1, -0.05) is 0 Å². The monoisotopic (exact) mass is 298 g/mol. The molecule has 1 aliphatic rings. The van der Waals surface area contributed by atoms with E-state index < -0.39 is 22.0 Å². The number of imidazole rings is 1. The van der Waals surface area contributed by atoms with Gasteiger partial charge in [0.2, 0.25) is 0 Å². The molecule has 2 atom stereocenters. The van der Waals surface area contributed by atoms with Gasteiger partial charge in [0, 0.05) is 12.4 Å². The lowest BCUT2D eigenvalue weighted by atomic mass is 10.2. The maximum Gasteiger partial charge on any atom is 0.155 e. The number of sulfone groups is 1. The Labute approximate surface area is 115 Å². The molecule has 0 aliphatic carbocycles. The molecule has 3 heterocycles. The van der Waals surface area contributed by atoms with E-state index >= 15 is 0 Å². The van der Waals surface area contributed by atoms with Gasteiger partial charge in [0.25, 0.3) is 0 Å². The van der Waals surface area contributed by atoms with E-state index in [0.29, 0.717) is 0 Å². The summed E-state index contributed by atoms with van der Waals surface area (Å²) in [7, 11) is -3.16. The molecule has 7 heteroatoms. The number of aliphatic hydroxyl groups excluding tert-OH is 1. The second kappa shape index (κ2) is 4.43. The van der Waals surface area contributed by atoms with E-state index in [-0.39, 0.29) is 11.5 Å². The summed E-state index contributed by atoms with van der Waals surface area (Å²) < 4.78 is 25.0. The van der Waals surface area contributed by atoms with Gasteiger partial charge in [-0.25, -0.2) is 13.4 Å². The summed E-state index contributed by atoms with van der Waals surface area (Å²) in [6.45, 7) is 1.99. The maximum absolute atomic E-state index is 11.6. The van der Waals surface area contributed by atoms with E-state index in [4.69, 9.17) is 0 Å². The van der Waals surface area contributed by atoms with Crippen LogP contribution in [-0.4, -0.2) is 40.7 Å². The highest BCUT2D eigenvalue weighted by atomic mass is 32.2. The fourth-order valence-electron chi connectivity index (χ4n) is 2.43. The van der Waals surface area contributed by atoms with Gasteiger partial charge in [-0.2, -0.15) is 0 Å². The van der Waals surface area contributed by atoms with Crippen LogP contribution >= 0.6 is 11.3 Å². The molecule has 102 valence electrons. The second-order valence-corrected chi connectivity index (χ2v) is 7.87. The predicted octanol–water partition coefficient (Wildman–Crippen LogP) is 1.25. The number of nitrogens with zero attached hydrogens (tertiary/aromatic N) is 2. The fourth-order valence-corrected chi connectivity index (χ4v) is 5.14. The molecule has 19 heavy (non-hydrogen) atoms. The number of thiophene rings is 1. The minimum Gasteiger partial charge on any atom is -0.390 e. The average Bonchev–Trinajstić information content (AvgIpc) is 2.97. The first-order valence-corrected chi connectivity index (χ1v) is 8.64. The first kappa shape index (κ1) is 12.8. The van der Waals surface area contributed by atoms with Gasteiger partial charge < -0.3 is 9.67 Å². The van der Waals surface area contributed by atoms with Crippen LogP contribution in [-0.2, 0) is 9.84 Å². The molecule has 3 rings (SSSR count). The minimum absolute atomic E-state index is 0.0258. The van der Waals surface area contributed by atoms with Crippen LogP contribution in [0.2, 0.25) is 0 Å². The molecule has 2 aromatic heterocycles. The first-order chi connectivity index (χ1) is 8.98. The van der Waals surface area contributed by atoms with Crippen molar-refractivity contribution in [2.75, 3.05) is 11.5 Å². The largest absolute Gasteiger partial charge is 0.390 e. The molecule has 1 saturated heterocycles. The summed E-state index contributed by atoms with van der Waals surface area (Å²) in [6, 6.07) is 1.56. The molecule has 1 fully saturated rings. The molecule has 1 N–H and O–H groups in total. The number of hydrogen-bond acceptors (Lipinski definition) is 5. The van der Waals surface area contributed by atoms with E-state index in [1.165, 1.54) is 0 Å². The topological polar surface area (TPSA) is 72.2 Å². The van der Waals surface area contributed by atoms with Crippen LogP contribution in [0.15, 0.2) is 23.8 Å². The van der Waals surface area contributed by atoms with Gasteiger partial charge in [0.1, 0.15) is 0 Å². The van der Waals surface area contributed by atoms with Crippen LogP contribution in [0.25, 0.3) is 10.7 Å². The van der Waals surface area contributed by atoms with Gasteiger partial charge >= 0.3 is 0 Å². The van der Waals surface area contributed by atoms with E-state index in [9.17, 15) is 13.5 Å². The molecule has 0 radical (unpaired) electrons. The summed E-state index contributed by atoms with van der Waals surface area (Å²) >= 11 is 1.57. The highest BCUT2D eigenvalue weighted by molar-refractivity contribution is 7.91. The minimum atomic E-state index is -3.16. The molecule has 0 unspecified atom stereocenters. The molecule has 2 aromatic rings. The Morgan fingerprint density at radius 1 is 1.47 bits per heavy atom. The first-order valence-electron chi connectivity index (χ1n) is 5.94. The van der Waals surface area contributed by atoms with E-state index in [0.717, 1.165) is 16.3 Å². The Hall–Kier alpha value is -1.18. The van der Waals surface area contributed by atoms with Crippen molar-refractivity contribution >= 4 is 21.2 Å². The van der Waals surface area contributed by atoms with Crippen molar-refractivity contribution in [2.24, 2.45) is 0 Å². The van der Waals surface area contributed by atoms with Crippen molar-refractivity contribution < 1.29 is 13.5 Å². The third kappa shape index (κ3) is 2.22. The van der Waals surface area contributed by atoms with Crippen LogP contribution in [0, 0.1) is 6.92 Å². The fraction of sp³-hybridized carbons (Fsp3) is 0.417. The Morgan fingerprint density at radius 2 is 2.26 bits per heavy atom. The zero-order valence-electron chi connectivity index (χ0n) is 10.4. The van der Waals surface area contributed by atoms with Crippen molar-refractivity contribution in [3.63, 3.8) is 0 Å². The summed E-state index contributed by atoms with van der Waals surface area (Å²) in [4.78, 5) is 5.33. The van der Waals surface area contributed by atoms with Gasteiger partial charge in [-0.3, -0.25) is 0 Å². The summed E-state index contributed by atoms with van der Waals surface area (Å²) in [5.41, 5.74) is 1.10. The van der Waals surface area contributed by atoms with Crippen LogP contribution in [0.3, 0.4) is 0 Å². The quantitative estimate of drug-likeness (QED) is 0.905. The number of aliphatic hydroxyl groups is 1. The molecule has 5 nitrogen and oxygen atoms in total. The Morgan fingerprint density at radius 3 is 2.84 bits per heavy atom. The summed E-state index contributed by atoms with van der Waals surface area (Å²) in [6.07, 6.45) is 2.52. The summed E-state index contributed by atoms with van der Waals surface area (Å²) in [5, 5.41) is 11.9. The highest BCUT2D eigenvalue weighted by Crippen LogP contribution is 2.33. The zero-order chi connectivity index (χ0) is 13.6. The Bertz CT molecular complexity index is 702. The lowest BCUT2D eigenvalue weighted by Gasteiger charge is -2.17. The smallest absolute Gasteiger partial charge is 0.155 e. The number of aryl methyl sites for hydroxylation is 1. The van der Waals surface area contributed by atoms with E-state index in [1.807, 2.05) is 18.4 Å². The van der Waals surface area contributed by atoms with E-state index in [1.54, 1.807) is 28.3 Å². The van der Waals surface area contributed by atoms with Crippen molar-refractivity contribution in [2.45, 2.75) is 19.1 Å². The van der Waals surface area contributed by atoms with Crippen molar-refractivity contribution in [3.05, 3.63) is 29.4 Å². The third-order valence-electron chi connectivity index (χ3n) is 3.38. The second-order valence-electron chi connectivity index (χ2n) is 4.80. The Balaban J connectivity index is 2.04. The standard InChI is InChI=1S/C12H14N2O3S2/c1-8-2-5-18-11(8)12-13-3-4-14(12)9-6-19(16,17)7-10(9)15/h2-5,9-10,15H,6-7H2,1H3/t9-,10-/m0/s1. The van der Waals surface area contributed by atoms with Crippen LogP contribution in [0.4, 0.5) is 0 Å². The zero-order valence-corrected chi connectivity index (χ0v) is 12.0. The lowest BCUT2D eigenvalue weighted by molar-refractivity contribution is 0.154. The Kier molecular flexibility index (Phi) is 2.99. The van der Waals surface area contributed by atoms with Crippen molar-refractivity contribution in [3.8, 4) is 10.7 Å². The number of hydrogen-bond donors (Lipinski definition) is 1. The van der Waals surface area contributed by atoms with Crippen LogP contribution < -0.4 is 0 Å². The van der Waals surface area contributed by atoms with Crippen molar-refractivity contribution in [1.82, 2.24) is 9.55 Å². The van der Waals surface area contributed by atoms with Crippen LogP contribution in [0.1, 0.15) is 11.6 Å². The molecular formula is C12H14N2O3S2. The molecular weight excluding hydrogens is 284 g/mol. The highest BCUT2D eigenvalue weighted by Gasteiger charge is 2.38. The van der Waals surface area contributed by atoms with E-state index in [2.05, 4.69) is 4.98 Å². The molecule has 0 amide bonds. The molecule has 0 saturated carbocycles. The average molecular weight is 298 g/mol. The van der Waals surface area contributed by atoms with Gasteiger partial charge in [0.15, 0.2) is 15.7 Å². The van der Waals surface area contributed by atoms with Gasteiger partial charge in [-0.05, 0) is 23.9 Å². The summed E-state index contributed by atoms with van der Waals surface area (Å²) in [5.74, 6) is 0.536.